The van der Waals surface area contributed by atoms with Crippen LogP contribution in [0.5, 0.6) is 0 Å². The summed E-state index contributed by atoms with van der Waals surface area (Å²) in [6.45, 7) is 10.3. The van der Waals surface area contributed by atoms with Gasteiger partial charge in [-0.3, -0.25) is 4.79 Å². The molecule has 1 aliphatic heterocycles. The molecule has 2 heterocycles. The Hall–Kier alpha value is -2.27. The first-order valence-electron chi connectivity index (χ1n) is 11.8. The van der Waals surface area contributed by atoms with E-state index in [1.54, 1.807) is 14.0 Å². The molecule has 1 saturated carbocycles. The molecule has 2 aliphatic rings. The number of amides is 1. The molecule has 0 atom stereocenters. The van der Waals surface area contributed by atoms with Gasteiger partial charge in [-0.05, 0) is 83.7 Å². The number of esters is 1. The first-order chi connectivity index (χ1) is 16.3. The Morgan fingerprint density at radius 3 is 2.37 bits per heavy atom. The van der Waals surface area contributed by atoms with Gasteiger partial charge in [0.15, 0.2) is 0 Å². The maximum atomic E-state index is 13.1. The number of ether oxygens (including phenoxy) is 1. The monoisotopic (exact) mass is 519 g/mol. The predicted molar refractivity (Wildman–Crippen MR) is 137 cm³/mol. The summed E-state index contributed by atoms with van der Waals surface area (Å²) in [6.07, 6.45) is 2.36. The van der Waals surface area contributed by atoms with E-state index in [4.69, 9.17) is 4.74 Å². The summed E-state index contributed by atoms with van der Waals surface area (Å²) in [5.41, 5.74) is 0.956. The predicted octanol–water partition coefficient (Wildman–Crippen LogP) is 4.12. The molecule has 2 aromatic rings. The lowest BCUT2D eigenvalue weighted by Gasteiger charge is -2.42. The van der Waals surface area contributed by atoms with Crippen LogP contribution in [-0.4, -0.2) is 49.8 Å². The molecule has 1 aromatic heterocycles. The van der Waals surface area contributed by atoms with Crippen molar-refractivity contribution >= 4 is 38.2 Å². The molecule has 8 nitrogen and oxygen atoms in total. The maximum absolute atomic E-state index is 13.1. The number of sulfonamides is 1. The average molecular weight is 520 g/mol. The highest BCUT2D eigenvalue weighted by Crippen LogP contribution is 2.45. The van der Waals surface area contributed by atoms with Gasteiger partial charge in [0.1, 0.15) is 5.00 Å². The first-order valence-corrected chi connectivity index (χ1v) is 14.0. The molecule has 190 valence electrons. The summed E-state index contributed by atoms with van der Waals surface area (Å²) in [7, 11) is -2.01. The van der Waals surface area contributed by atoms with Crippen molar-refractivity contribution in [3.63, 3.8) is 0 Å². The van der Waals surface area contributed by atoms with E-state index in [1.807, 2.05) is 0 Å². The highest BCUT2D eigenvalue weighted by atomic mass is 32.2. The van der Waals surface area contributed by atoms with Crippen LogP contribution in [0.15, 0.2) is 29.2 Å². The van der Waals surface area contributed by atoms with Gasteiger partial charge >= 0.3 is 5.97 Å². The quantitative estimate of drug-likeness (QED) is 0.533. The maximum Gasteiger partial charge on any atom is 0.341 e. The van der Waals surface area contributed by atoms with Crippen molar-refractivity contribution in [1.29, 1.82) is 0 Å². The van der Waals surface area contributed by atoms with Crippen LogP contribution in [0, 0.1) is 0 Å². The van der Waals surface area contributed by atoms with Crippen LogP contribution in [0.2, 0.25) is 0 Å². The van der Waals surface area contributed by atoms with E-state index < -0.39 is 27.4 Å². The summed E-state index contributed by atoms with van der Waals surface area (Å²) in [5.74, 6) is -0.878. The molecule has 1 amide bonds. The summed E-state index contributed by atoms with van der Waals surface area (Å²) < 4.78 is 32.3. The number of nitrogens with zero attached hydrogens (tertiary/aromatic N) is 1. The molecule has 2 N–H and O–H groups in total. The second kappa shape index (κ2) is 8.99. The van der Waals surface area contributed by atoms with E-state index in [-0.39, 0.29) is 23.1 Å². The fraction of sp³-hybridized carbons (Fsp3) is 0.520. The van der Waals surface area contributed by atoms with Crippen LogP contribution in [0.4, 0.5) is 5.00 Å². The molecule has 1 fully saturated rings. The highest BCUT2D eigenvalue weighted by molar-refractivity contribution is 7.89. The van der Waals surface area contributed by atoms with Gasteiger partial charge in [-0.2, -0.15) is 4.31 Å². The van der Waals surface area contributed by atoms with E-state index in [2.05, 4.69) is 38.3 Å². The third-order valence-corrected chi connectivity index (χ3v) is 9.80. The van der Waals surface area contributed by atoms with Gasteiger partial charge in [-0.15, -0.1) is 11.3 Å². The topological polar surface area (TPSA) is 105 Å². The van der Waals surface area contributed by atoms with Gasteiger partial charge in [0.05, 0.1) is 17.1 Å². The van der Waals surface area contributed by atoms with E-state index in [0.29, 0.717) is 22.5 Å². The van der Waals surface area contributed by atoms with Gasteiger partial charge in [0.25, 0.3) is 5.91 Å². The Morgan fingerprint density at radius 2 is 1.80 bits per heavy atom. The number of thiophene rings is 1. The number of benzene rings is 1. The minimum absolute atomic E-state index is 0.0536. The standard InChI is InChI=1S/C25H33N3O5S2/c1-7-33-23(30)19-18-14-24(2,3)27-25(4,5)20(18)34-22(19)26-21(29)15-8-12-17(13-9-15)35(31,32)28(6)16-10-11-16/h8-9,12-13,16,27H,7,10-11,14H2,1-6H3,(H,26,29). The lowest BCUT2D eigenvalue weighted by atomic mass is 9.81. The van der Waals surface area contributed by atoms with E-state index in [1.165, 1.54) is 39.9 Å². The zero-order valence-corrected chi connectivity index (χ0v) is 22.7. The highest BCUT2D eigenvalue weighted by Gasteiger charge is 2.42. The van der Waals surface area contributed by atoms with Crippen molar-refractivity contribution in [3.05, 3.63) is 45.8 Å². The summed E-state index contributed by atoms with van der Waals surface area (Å²) in [4.78, 5) is 27.2. The van der Waals surface area contributed by atoms with E-state index in [9.17, 15) is 18.0 Å². The first kappa shape index (κ1) is 25.8. The summed E-state index contributed by atoms with van der Waals surface area (Å²) in [6, 6.07) is 5.94. The number of hydrogen-bond acceptors (Lipinski definition) is 7. The summed E-state index contributed by atoms with van der Waals surface area (Å²) in [5, 5.41) is 6.94. The van der Waals surface area contributed by atoms with Crippen LogP contribution >= 0.6 is 11.3 Å². The summed E-state index contributed by atoms with van der Waals surface area (Å²) >= 11 is 1.37. The smallest absolute Gasteiger partial charge is 0.341 e. The van der Waals surface area contributed by atoms with Crippen molar-refractivity contribution in [2.45, 2.75) is 75.9 Å². The largest absolute Gasteiger partial charge is 0.462 e. The number of carbonyl (C=O) groups is 2. The Balaban J connectivity index is 1.64. The fourth-order valence-corrected chi connectivity index (χ4v) is 7.46. The van der Waals surface area contributed by atoms with Crippen molar-refractivity contribution in [2.75, 3.05) is 19.0 Å². The average Bonchev–Trinajstić information content (AvgIpc) is 3.54. The zero-order chi connectivity index (χ0) is 25.8. The van der Waals surface area contributed by atoms with Crippen molar-refractivity contribution in [2.24, 2.45) is 0 Å². The number of nitrogens with one attached hydrogen (secondary N) is 2. The number of anilines is 1. The lowest BCUT2D eigenvalue weighted by molar-refractivity contribution is 0.0525. The molecule has 0 radical (unpaired) electrons. The number of rotatable bonds is 7. The van der Waals surface area contributed by atoms with Gasteiger partial charge in [-0.1, -0.05) is 0 Å². The normalized spacial score (nSPS) is 18.7. The Kier molecular flexibility index (Phi) is 6.63. The van der Waals surface area contributed by atoms with Crippen LogP contribution in [0.3, 0.4) is 0 Å². The van der Waals surface area contributed by atoms with Crippen molar-refractivity contribution < 1.29 is 22.7 Å². The minimum atomic E-state index is -3.59. The number of fused-ring (bicyclic) bond motifs is 1. The third-order valence-electron chi connectivity index (χ3n) is 6.41. The van der Waals surface area contributed by atoms with Gasteiger partial charge in [0, 0.05) is 34.6 Å². The Morgan fingerprint density at radius 1 is 1.17 bits per heavy atom. The molecule has 1 aliphatic carbocycles. The molecule has 35 heavy (non-hydrogen) atoms. The van der Waals surface area contributed by atoms with Crippen LogP contribution in [0.1, 0.15) is 78.6 Å². The van der Waals surface area contributed by atoms with Gasteiger partial charge in [-0.25, -0.2) is 13.2 Å². The fourth-order valence-electron chi connectivity index (χ4n) is 4.79. The molecule has 0 spiro atoms. The minimum Gasteiger partial charge on any atom is -0.462 e. The van der Waals surface area contributed by atoms with E-state index in [0.717, 1.165) is 23.3 Å². The molecule has 0 saturated heterocycles. The second-order valence-electron chi connectivity index (χ2n) is 10.4. The van der Waals surface area contributed by atoms with Crippen molar-refractivity contribution in [1.82, 2.24) is 9.62 Å². The Bertz CT molecular complexity index is 1260. The molecule has 1 aromatic carbocycles. The molecule has 0 unspecified atom stereocenters. The van der Waals surface area contributed by atoms with Gasteiger partial charge in [0.2, 0.25) is 10.0 Å². The SMILES string of the molecule is CCOC(=O)c1c(NC(=O)c2ccc(S(=O)(=O)N(C)C3CC3)cc2)sc2c1CC(C)(C)NC2(C)C. The van der Waals surface area contributed by atoms with Crippen LogP contribution in [-0.2, 0) is 26.7 Å². The van der Waals surface area contributed by atoms with Crippen LogP contribution < -0.4 is 10.6 Å². The Labute approximate surface area is 211 Å². The van der Waals surface area contributed by atoms with Gasteiger partial charge < -0.3 is 15.4 Å². The number of carbonyl (C=O) groups excluding carboxylic acids is 2. The molecule has 0 bridgehead atoms. The van der Waals surface area contributed by atoms with Crippen LogP contribution in [0.25, 0.3) is 0 Å². The zero-order valence-electron chi connectivity index (χ0n) is 21.0. The molecular weight excluding hydrogens is 486 g/mol. The van der Waals surface area contributed by atoms with Crippen molar-refractivity contribution in [3.8, 4) is 0 Å². The molecule has 4 rings (SSSR count). The molecular formula is C25H33N3O5S2. The molecule has 10 heteroatoms. The van der Waals surface area contributed by atoms with E-state index >= 15 is 0 Å². The number of hydrogen-bond donors (Lipinski definition) is 2. The third kappa shape index (κ3) is 5.02. The second-order valence-corrected chi connectivity index (χ2v) is 13.4. The lowest BCUT2D eigenvalue weighted by Crippen LogP contribution is -2.55.